The maximum atomic E-state index is 13.1. The number of hydrogen-bond acceptors (Lipinski definition) is 5. The summed E-state index contributed by atoms with van der Waals surface area (Å²) >= 11 is 0. The van der Waals surface area contributed by atoms with E-state index in [1.54, 1.807) is 24.5 Å². The van der Waals surface area contributed by atoms with E-state index < -0.39 is 0 Å². The first kappa shape index (κ1) is 21.6. The SMILES string of the molecule is Cc1nc2cc([C@H]3CCCN3C(=O)c3cccnc3)nn2c(C)c1CCC(=O)N1CCCC1. The van der Waals surface area contributed by atoms with E-state index in [9.17, 15) is 9.59 Å². The van der Waals surface area contributed by atoms with Gasteiger partial charge in [-0.2, -0.15) is 5.10 Å². The van der Waals surface area contributed by atoms with E-state index in [4.69, 9.17) is 10.1 Å². The molecule has 2 aliphatic heterocycles. The molecular weight excluding hydrogens is 416 g/mol. The Hall–Kier alpha value is -3.29. The van der Waals surface area contributed by atoms with Crippen LogP contribution in [0, 0.1) is 13.8 Å². The lowest BCUT2D eigenvalue weighted by atomic mass is 10.1. The molecule has 0 saturated carbocycles. The van der Waals surface area contributed by atoms with Gasteiger partial charge in [0.2, 0.25) is 5.91 Å². The van der Waals surface area contributed by atoms with Crippen molar-refractivity contribution in [2.24, 2.45) is 0 Å². The monoisotopic (exact) mass is 446 g/mol. The number of amides is 2. The lowest BCUT2D eigenvalue weighted by Crippen LogP contribution is -2.30. The van der Waals surface area contributed by atoms with Crippen molar-refractivity contribution in [1.29, 1.82) is 0 Å². The fourth-order valence-electron chi connectivity index (χ4n) is 5.20. The van der Waals surface area contributed by atoms with Gasteiger partial charge in [0.25, 0.3) is 5.91 Å². The highest BCUT2D eigenvalue weighted by molar-refractivity contribution is 5.94. The van der Waals surface area contributed by atoms with Gasteiger partial charge in [0.15, 0.2) is 5.65 Å². The molecule has 172 valence electrons. The van der Waals surface area contributed by atoms with Crippen LogP contribution in [0.1, 0.15) is 71.1 Å². The van der Waals surface area contributed by atoms with Crippen LogP contribution in [-0.2, 0) is 11.2 Å². The lowest BCUT2D eigenvalue weighted by Gasteiger charge is -2.23. The van der Waals surface area contributed by atoms with Crippen LogP contribution < -0.4 is 0 Å². The minimum atomic E-state index is -0.0701. The van der Waals surface area contributed by atoms with Crippen LogP contribution in [0.25, 0.3) is 5.65 Å². The lowest BCUT2D eigenvalue weighted by molar-refractivity contribution is -0.130. The van der Waals surface area contributed by atoms with Crippen molar-refractivity contribution in [3.8, 4) is 0 Å². The third kappa shape index (κ3) is 4.10. The van der Waals surface area contributed by atoms with Gasteiger partial charge in [0.05, 0.1) is 17.3 Å². The molecule has 0 spiro atoms. The molecule has 8 heteroatoms. The molecule has 0 N–H and O–H groups in total. The summed E-state index contributed by atoms with van der Waals surface area (Å²) in [5, 5.41) is 4.88. The second-order valence-corrected chi connectivity index (χ2v) is 9.09. The average molecular weight is 447 g/mol. The fourth-order valence-corrected chi connectivity index (χ4v) is 5.20. The van der Waals surface area contributed by atoms with Crippen LogP contribution in [0.5, 0.6) is 0 Å². The van der Waals surface area contributed by atoms with E-state index >= 15 is 0 Å². The van der Waals surface area contributed by atoms with E-state index in [2.05, 4.69) is 4.98 Å². The molecule has 0 radical (unpaired) electrons. The topological polar surface area (TPSA) is 83.7 Å². The number of aromatic nitrogens is 4. The third-order valence-corrected chi connectivity index (χ3v) is 6.99. The smallest absolute Gasteiger partial charge is 0.255 e. The normalized spacial score (nSPS) is 18.4. The molecule has 3 aromatic heterocycles. The van der Waals surface area contributed by atoms with Gasteiger partial charge in [-0.3, -0.25) is 14.6 Å². The number of fused-ring (bicyclic) bond motifs is 1. The maximum Gasteiger partial charge on any atom is 0.255 e. The van der Waals surface area contributed by atoms with Gasteiger partial charge >= 0.3 is 0 Å². The molecule has 2 fully saturated rings. The molecule has 2 aliphatic rings. The number of hydrogen-bond donors (Lipinski definition) is 0. The number of carbonyl (C=O) groups excluding carboxylic acids is 2. The Morgan fingerprint density at radius 3 is 2.70 bits per heavy atom. The summed E-state index contributed by atoms with van der Waals surface area (Å²) < 4.78 is 1.88. The van der Waals surface area contributed by atoms with E-state index in [0.29, 0.717) is 24.9 Å². The predicted octanol–water partition coefficient (Wildman–Crippen LogP) is 3.27. The van der Waals surface area contributed by atoms with Gasteiger partial charge in [-0.1, -0.05) is 0 Å². The number of carbonyl (C=O) groups is 2. The van der Waals surface area contributed by atoms with Crippen molar-refractivity contribution in [2.45, 2.75) is 58.4 Å². The molecule has 2 saturated heterocycles. The van der Waals surface area contributed by atoms with Gasteiger partial charge in [-0.05, 0) is 63.6 Å². The van der Waals surface area contributed by atoms with Gasteiger partial charge in [0, 0.05) is 55.9 Å². The molecule has 2 amide bonds. The van der Waals surface area contributed by atoms with Crippen molar-refractivity contribution in [1.82, 2.24) is 29.4 Å². The molecule has 3 aromatic rings. The molecule has 0 bridgehead atoms. The van der Waals surface area contributed by atoms with Crippen molar-refractivity contribution < 1.29 is 9.59 Å². The van der Waals surface area contributed by atoms with Crippen LogP contribution in [-0.4, -0.2) is 60.8 Å². The van der Waals surface area contributed by atoms with Crippen molar-refractivity contribution in [3.05, 3.63) is 58.8 Å². The number of rotatable bonds is 5. The van der Waals surface area contributed by atoms with E-state index in [-0.39, 0.29) is 17.9 Å². The van der Waals surface area contributed by atoms with Crippen molar-refractivity contribution >= 4 is 17.5 Å². The first-order valence-corrected chi connectivity index (χ1v) is 11.9. The molecule has 5 heterocycles. The zero-order chi connectivity index (χ0) is 22.9. The Kier molecular flexibility index (Phi) is 5.83. The maximum absolute atomic E-state index is 13.1. The van der Waals surface area contributed by atoms with Gasteiger partial charge in [-0.25, -0.2) is 9.50 Å². The summed E-state index contributed by atoms with van der Waals surface area (Å²) in [6.07, 6.45) is 8.49. The third-order valence-electron chi connectivity index (χ3n) is 6.99. The standard InChI is InChI=1S/C25H30N6O2/c1-17-20(9-10-24(32)29-12-3-4-13-29)18(2)31-23(27-17)15-21(28-31)22-8-6-14-30(22)25(33)19-7-5-11-26-16-19/h5,7,11,15-16,22H,3-4,6,8-10,12-14H2,1-2H3/t22-/m1/s1. The summed E-state index contributed by atoms with van der Waals surface area (Å²) in [5.74, 6) is 0.215. The quantitative estimate of drug-likeness (QED) is 0.601. The largest absolute Gasteiger partial charge is 0.343 e. The fraction of sp³-hybridized carbons (Fsp3) is 0.480. The van der Waals surface area contributed by atoms with Crippen molar-refractivity contribution in [3.63, 3.8) is 0 Å². The average Bonchev–Trinajstić information content (AvgIpc) is 3.59. The van der Waals surface area contributed by atoms with Gasteiger partial charge < -0.3 is 9.80 Å². The second kappa shape index (κ2) is 8.92. The minimum absolute atomic E-state index is 0.00960. The van der Waals surface area contributed by atoms with Crippen molar-refractivity contribution in [2.75, 3.05) is 19.6 Å². The molecule has 33 heavy (non-hydrogen) atoms. The molecule has 8 nitrogen and oxygen atoms in total. The van der Waals surface area contributed by atoms with Crippen LogP contribution in [0.15, 0.2) is 30.6 Å². The van der Waals surface area contributed by atoms with Crippen LogP contribution in [0.3, 0.4) is 0 Å². The molecule has 0 aliphatic carbocycles. The van der Waals surface area contributed by atoms with E-state index in [1.807, 2.05) is 34.2 Å². The zero-order valence-corrected chi connectivity index (χ0v) is 19.3. The van der Waals surface area contributed by atoms with E-state index in [1.165, 1.54) is 0 Å². The highest BCUT2D eigenvalue weighted by atomic mass is 16.2. The minimum Gasteiger partial charge on any atom is -0.343 e. The zero-order valence-electron chi connectivity index (χ0n) is 19.3. The summed E-state index contributed by atoms with van der Waals surface area (Å²) in [6, 6.07) is 5.52. The Labute approximate surface area is 193 Å². The number of pyridine rings is 1. The van der Waals surface area contributed by atoms with Crippen LogP contribution in [0.2, 0.25) is 0 Å². The predicted molar refractivity (Wildman–Crippen MR) is 124 cm³/mol. The summed E-state index contributed by atoms with van der Waals surface area (Å²) in [4.78, 5) is 38.4. The summed E-state index contributed by atoms with van der Waals surface area (Å²) in [7, 11) is 0. The van der Waals surface area contributed by atoms with Gasteiger partial charge in [-0.15, -0.1) is 0 Å². The Morgan fingerprint density at radius 2 is 1.94 bits per heavy atom. The van der Waals surface area contributed by atoms with Crippen LogP contribution in [0.4, 0.5) is 0 Å². The van der Waals surface area contributed by atoms with Crippen LogP contribution >= 0.6 is 0 Å². The number of likely N-dealkylation sites (tertiary alicyclic amines) is 2. The first-order chi connectivity index (χ1) is 16.0. The molecule has 5 rings (SSSR count). The van der Waals surface area contributed by atoms with E-state index in [0.717, 1.165) is 67.1 Å². The summed E-state index contributed by atoms with van der Waals surface area (Å²) in [5.41, 5.74) is 5.29. The number of aryl methyl sites for hydroxylation is 2. The second-order valence-electron chi connectivity index (χ2n) is 9.09. The molecule has 0 unspecified atom stereocenters. The van der Waals surface area contributed by atoms with Gasteiger partial charge in [0.1, 0.15) is 0 Å². The Balaban J connectivity index is 1.39. The molecular formula is C25H30N6O2. The highest BCUT2D eigenvalue weighted by Crippen LogP contribution is 2.33. The summed E-state index contributed by atoms with van der Waals surface area (Å²) in [6.45, 7) is 6.52. The number of nitrogens with zero attached hydrogens (tertiary/aromatic N) is 6. The Bertz CT molecular complexity index is 1180. The molecule has 1 atom stereocenters. The Morgan fingerprint density at radius 1 is 1.12 bits per heavy atom. The first-order valence-electron chi connectivity index (χ1n) is 11.9. The molecule has 0 aromatic carbocycles. The highest BCUT2D eigenvalue weighted by Gasteiger charge is 2.33.